The summed E-state index contributed by atoms with van der Waals surface area (Å²) in [4.78, 5) is 2.19. The maximum absolute atomic E-state index is 12.1. The molecule has 2 rings (SSSR count). The number of nitrogens with zero attached hydrogens (tertiary/aromatic N) is 1. The summed E-state index contributed by atoms with van der Waals surface area (Å²) in [5.41, 5.74) is 0. The highest BCUT2D eigenvalue weighted by Crippen LogP contribution is 2.29. The van der Waals surface area contributed by atoms with E-state index in [1.54, 1.807) is 0 Å². The highest BCUT2D eigenvalue weighted by atomic mass is 19.4. The Kier molecular flexibility index (Phi) is 2.70. The van der Waals surface area contributed by atoms with E-state index < -0.39 is 18.6 Å². The number of nitrogens with one attached hydrogen (secondary N) is 1. The van der Waals surface area contributed by atoms with E-state index in [1.807, 2.05) is 0 Å². The summed E-state index contributed by atoms with van der Waals surface area (Å²) >= 11 is 0. The average molecular weight is 208 g/mol. The lowest BCUT2D eigenvalue weighted by Gasteiger charge is -2.34. The van der Waals surface area contributed by atoms with Gasteiger partial charge in [-0.15, -0.1) is 0 Å². The van der Waals surface area contributed by atoms with Gasteiger partial charge in [0.25, 0.3) is 0 Å². The van der Waals surface area contributed by atoms with Gasteiger partial charge in [0, 0.05) is 31.7 Å². The summed E-state index contributed by atoms with van der Waals surface area (Å²) < 4.78 is 36.4. The first-order valence-electron chi connectivity index (χ1n) is 5.09. The van der Waals surface area contributed by atoms with E-state index in [0.717, 1.165) is 6.54 Å². The van der Waals surface area contributed by atoms with E-state index in [4.69, 9.17) is 0 Å². The first-order chi connectivity index (χ1) is 6.54. The van der Waals surface area contributed by atoms with Gasteiger partial charge in [-0.2, -0.15) is 13.2 Å². The second-order valence-electron chi connectivity index (χ2n) is 4.20. The van der Waals surface area contributed by atoms with E-state index >= 15 is 0 Å². The van der Waals surface area contributed by atoms with Crippen LogP contribution >= 0.6 is 0 Å². The van der Waals surface area contributed by atoms with E-state index in [2.05, 4.69) is 10.2 Å². The van der Waals surface area contributed by atoms with E-state index in [-0.39, 0.29) is 0 Å². The first-order valence-corrected chi connectivity index (χ1v) is 5.09. The minimum absolute atomic E-state index is 0.399. The highest BCUT2D eigenvalue weighted by Gasteiger charge is 2.37. The minimum atomic E-state index is -4.04. The topological polar surface area (TPSA) is 15.3 Å². The molecular formula is C9H15F3N2. The third-order valence-electron chi connectivity index (χ3n) is 2.83. The number of rotatable bonds is 2. The standard InChI is InChI=1S/C9H15F3N2/c10-9(11,12)5-7-6-14(4-3-13-7)8-1-2-8/h7-8,13H,1-6H2. The van der Waals surface area contributed by atoms with Gasteiger partial charge in [0.1, 0.15) is 0 Å². The van der Waals surface area contributed by atoms with Crippen molar-refractivity contribution in [1.82, 2.24) is 10.2 Å². The molecule has 1 saturated carbocycles. The van der Waals surface area contributed by atoms with Gasteiger partial charge in [0.2, 0.25) is 0 Å². The van der Waals surface area contributed by atoms with Crippen molar-refractivity contribution < 1.29 is 13.2 Å². The number of halogens is 3. The quantitative estimate of drug-likeness (QED) is 0.737. The number of piperazine rings is 1. The van der Waals surface area contributed by atoms with Gasteiger partial charge in [-0.1, -0.05) is 0 Å². The van der Waals surface area contributed by atoms with Crippen LogP contribution in [-0.4, -0.2) is 42.8 Å². The van der Waals surface area contributed by atoms with Gasteiger partial charge >= 0.3 is 6.18 Å². The van der Waals surface area contributed by atoms with Gasteiger partial charge < -0.3 is 5.32 Å². The molecular weight excluding hydrogens is 193 g/mol. The summed E-state index contributed by atoms with van der Waals surface area (Å²) in [7, 11) is 0. The predicted molar refractivity (Wildman–Crippen MR) is 47.1 cm³/mol. The fourth-order valence-corrected chi connectivity index (χ4v) is 2.04. The number of alkyl halides is 3. The summed E-state index contributed by atoms with van der Waals surface area (Å²) in [6.07, 6.45) is -2.40. The molecule has 2 aliphatic rings. The van der Waals surface area contributed by atoms with Crippen LogP contribution in [0.2, 0.25) is 0 Å². The summed E-state index contributed by atoms with van der Waals surface area (Å²) in [5.74, 6) is 0. The molecule has 1 aliphatic carbocycles. The van der Waals surface area contributed by atoms with Crippen molar-refractivity contribution in [2.24, 2.45) is 0 Å². The normalized spacial score (nSPS) is 30.6. The van der Waals surface area contributed by atoms with Gasteiger partial charge in [0.15, 0.2) is 0 Å². The van der Waals surface area contributed by atoms with E-state index in [9.17, 15) is 13.2 Å². The van der Waals surface area contributed by atoms with Crippen LogP contribution in [0.15, 0.2) is 0 Å². The van der Waals surface area contributed by atoms with Crippen LogP contribution in [0.25, 0.3) is 0 Å². The predicted octanol–water partition coefficient (Wildman–Crippen LogP) is 1.37. The molecule has 2 fully saturated rings. The molecule has 0 amide bonds. The van der Waals surface area contributed by atoms with Crippen molar-refractivity contribution in [1.29, 1.82) is 0 Å². The molecule has 1 aliphatic heterocycles. The molecule has 1 N–H and O–H groups in total. The Morgan fingerprint density at radius 1 is 1.29 bits per heavy atom. The van der Waals surface area contributed by atoms with Gasteiger partial charge in [0.05, 0.1) is 6.42 Å². The number of hydrogen-bond donors (Lipinski definition) is 1. The van der Waals surface area contributed by atoms with Crippen LogP contribution in [0, 0.1) is 0 Å². The first kappa shape index (κ1) is 10.2. The smallest absolute Gasteiger partial charge is 0.311 e. The molecule has 2 nitrogen and oxygen atoms in total. The fourth-order valence-electron chi connectivity index (χ4n) is 2.04. The molecule has 1 unspecified atom stereocenters. The van der Waals surface area contributed by atoms with Crippen molar-refractivity contribution >= 4 is 0 Å². The maximum atomic E-state index is 12.1. The molecule has 0 aromatic carbocycles. The van der Waals surface area contributed by atoms with Gasteiger partial charge in [-0.3, -0.25) is 4.90 Å². The Morgan fingerprint density at radius 2 is 2.00 bits per heavy atom. The molecule has 1 saturated heterocycles. The minimum Gasteiger partial charge on any atom is -0.311 e. The summed E-state index contributed by atoms with van der Waals surface area (Å²) in [6.45, 7) is 2.15. The Labute approximate surface area is 81.5 Å². The second-order valence-corrected chi connectivity index (χ2v) is 4.20. The zero-order valence-electron chi connectivity index (χ0n) is 7.98. The molecule has 5 heteroatoms. The molecule has 14 heavy (non-hydrogen) atoms. The fraction of sp³-hybridized carbons (Fsp3) is 1.00. The maximum Gasteiger partial charge on any atom is 0.390 e. The zero-order valence-corrected chi connectivity index (χ0v) is 7.98. The summed E-state index contributed by atoms with van der Waals surface area (Å²) in [5, 5.41) is 2.93. The molecule has 0 bridgehead atoms. The van der Waals surface area contributed by atoms with Crippen LogP contribution < -0.4 is 5.32 Å². The lowest BCUT2D eigenvalue weighted by Crippen LogP contribution is -2.52. The molecule has 1 heterocycles. The Balaban J connectivity index is 1.81. The van der Waals surface area contributed by atoms with Gasteiger partial charge in [-0.25, -0.2) is 0 Å². The highest BCUT2D eigenvalue weighted by molar-refractivity contribution is 4.90. The Bertz CT molecular complexity index is 201. The Morgan fingerprint density at radius 3 is 2.57 bits per heavy atom. The summed E-state index contributed by atoms with van der Waals surface area (Å²) in [6, 6.07) is 0.178. The largest absolute Gasteiger partial charge is 0.390 e. The second kappa shape index (κ2) is 3.70. The van der Waals surface area contributed by atoms with Crippen LogP contribution in [-0.2, 0) is 0 Å². The molecule has 82 valence electrons. The molecule has 0 aromatic heterocycles. The van der Waals surface area contributed by atoms with Crippen molar-refractivity contribution in [3.8, 4) is 0 Å². The third-order valence-corrected chi connectivity index (χ3v) is 2.83. The van der Waals surface area contributed by atoms with Crippen molar-refractivity contribution in [2.45, 2.75) is 37.5 Å². The molecule has 0 radical (unpaired) electrons. The molecule has 0 spiro atoms. The van der Waals surface area contributed by atoms with Crippen molar-refractivity contribution in [3.05, 3.63) is 0 Å². The molecule has 1 atom stereocenters. The van der Waals surface area contributed by atoms with E-state index in [1.165, 1.54) is 12.8 Å². The monoisotopic (exact) mass is 208 g/mol. The average Bonchev–Trinajstić information content (AvgIpc) is 2.83. The lowest BCUT2D eigenvalue weighted by atomic mass is 10.1. The van der Waals surface area contributed by atoms with Crippen LogP contribution in [0.3, 0.4) is 0 Å². The van der Waals surface area contributed by atoms with Crippen LogP contribution in [0.5, 0.6) is 0 Å². The van der Waals surface area contributed by atoms with Crippen LogP contribution in [0.4, 0.5) is 13.2 Å². The molecule has 0 aromatic rings. The van der Waals surface area contributed by atoms with Crippen molar-refractivity contribution in [2.75, 3.05) is 19.6 Å². The lowest BCUT2D eigenvalue weighted by molar-refractivity contribution is -0.142. The van der Waals surface area contributed by atoms with Crippen molar-refractivity contribution in [3.63, 3.8) is 0 Å². The third kappa shape index (κ3) is 2.85. The van der Waals surface area contributed by atoms with Crippen LogP contribution in [0.1, 0.15) is 19.3 Å². The van der Waals surface area contributed by atoms with Gasteiger partial charge in [-0.05, 0) is 12.8 Å². The Hall–Kier alpha value is -0.290. The number of hydrogen-bond acceptors (Lipinski definition) is 2. The SMILES string of the molecule is FC(F)(F)CC1CN(C2CC2)CCN1. The van der Waals surface area contributed by atoms with E-state index in [0.29, 0.717) is 19.1 Å². The zero-order chi connectivity index (χ0) is 10.2.